The highest BCUT2D eigenvalue weighted by Crippen LogP contribution is 2.23. The van der Waals surface area contributed by atoms with Gasteiger partial charge in [-0.25, -0.2) is 4.98 Å². The maximum Gasteiger partial charge on any atom is 0.232 e. The number of para-hydroxylation sites is 1. The number of pyridine rings is 1. The average Bonchev–Trinajstić information content (AvgIpc) is 2.67. The van der Waals surface area contributed by atoms with Gasteiger partial charge in [0.1, 0.15) is 42.1 Å². The second-order valence-corrected chi connectivity index (χ2v) is 5.50. The molecule has 0 N–H and O–H groups in total. The van der Waals surface area contributed by atoms with E-state index in [0.717, 1.165) is 17.2 Å². The third-order valence-corrected chi connectivity index (χ3v) is 3.51. The van der Waals surface area contributed by atoms with Gasteiger partial charge in [-0.05, 0) is 55.5 Å². The first-order valence-electron chi connectivity index (χ1n) is 8.21. The van der Waals surface area contributed by atoms with Crippen LogP contribution >= 0.6 is 0 Å². The van der Waals surface area contributed by atoms with Crippen molar-refractivity contribution in [2.24, 2.45) is 0 Å². The number of hydrogen-bond acceptors (Lipinski definition) is 5. The Morgan fingerprint density at radius 1 is 0.808 bits per heavy atom. The minimum absolute atomic E-state index is 0.299. The number of rotatable bonds is 7. The standard InChI is InChI=1S/C21H18N2O3/c1-16-7-8-17(15-22)21(23-16)25-14-13-24-18-9-11-20(12-10-18)26-19-5-3-2-4-6-19/h2-12H,13-14H2,1H3. The number of aromatic nitrogens is 1. The van der Waals surface area contributed by atoms with Gasteiger partial charge in [-0.15, -0.1) is 0 Å². The molecule has 0 saturated carbocycles. The molecule has 0 bridgehead atoms. The summed E-state index contributed by atoms with van der Waals surface area (Å²) in [5.74, 6) is 2.57. The predicted molar refractivity (Wildman–Crippen MR) is 97.6 cm³/mol. The molecule has 0 amide bonds. The van der Waals surface area contributed by atoms with Gasteiger partial charge in [0.25, 0.3) is 0 Å². The number of nitrogens with zero attached hydrogens (tertiary/aromatic N) is 2. The lowest BCUT2D eigenvalue weighted by Gasteiger charge is -2.10. The second-order valence-electron chi connectivity index (χ2n) is 5.50. The first-order valence-corrected chi connectivity index (χ1v) is 8.21. The van der Waals surface area contributed by atoms with Crippen LogP contribution in [0.5, 0.6) is 23.1 Å². The molecule has 0 aliphatic heterocycles. The molecule has 5 heteroatoms. The molecular weight excluding hydrogens is 328 g/mol. The summed E-state index contributed by atoms with van der Waals surface area (Å²) in [6, 6.07) is 22.5. The van der Waals surface area contributed by atoms with Crippen molar-refractivity contribution in [1.82, 2.24) is 4.98 Å². The molecule has 26 heavy (non-hydrogen) atoms. The van der Waals surface area contributed by atoms with Crippen molar-refractivity contribution < 1.29 is 14.2 Å². The Morgan fingerprint density at radius 2 is 1.46 bits per heavy atom. The van der Waals surface area contributed by atoms with Crippen LogP contribution in [0.4, 0.5) is 0 Å². The zero-order valence-electron chi connectivity index (χ0n) is 14.4. The molecule has 0 saturated heterocycles. The van der Waals surface area contributed by atoms with Crippen LogP contribution in [-0.2, 0) is 0 Å². The number of benzene rings is 2. The molecule has 0 spiro atoms. The monoisotopic (exact) mass is 346 g/mol. The van der Waals surface area contributed by atoms with E-state index in [4.69, 9.17) is 19.5 Å². The number of nitriles is 1. The van der Waals surface area contributed by atoms with Crippen molar-refractivity contribution in [1.29, 1.82) is 5.26 Å². The Hall–Kier alpha value is -3.52. The Balaban J connectivity index is 1.48. The molecule has 1 aromatic heterocycles. The first-order chi connectivity index (χ1) is 12.7. The van der Waals surface area contributed by atoms with Crippen LogP contribution in [0.25, 0.3) is 0 Å². The predicted octanol–water partition coefficient (Wildman–Crippen LogP) is 4.51. The van der Waals surface area contributed by atoms with Crippen LogP contribution in [0.2, 0.25) is 0 Å². The van der Waals surface area contributed by atoms with Crippen molar-refractivity contribution >= 4 is 0 Å². The van der Waals surface area contributed by atoms with E-state index >= 15 is 0 Å². The molecule has 0 fully saturated rings. The maximum atomic E-state index is 9.06. The van der Waals surface area contributed by atoms with E-state index < -0.39 is 0 Å². The highest BCUT2D eigenvalue weighted by molar-refractivity contribution is 5.38. The molecule has 0 aliphatic carbocycles. The van der Waals surface area contributed by atoms with Crippen LogP contribution in [0, 0.1) is 18.3 Å². The third-order valence-electron chi connectivity index (χ3n) is 3.51. The number of aryl methyl sites for hydroxylation is 1. The lowest BCUT2D eigenvalue weighted by Crippen LogP contribution is -2.10. The van der Waals surface area contributed by atoms with Crippen molar-refractivity contribution in [3.63, 3.8) is 0 Å². The molecule has 3 aromatic rings. The number of ether oxygens (including phenoxy) is 3. The summed E-state index contributed by atoms with van der Waals surface area (Å²) in [5, 5.41) is 9.06. The Labute approximate surface area is 152 Å². The third kappa shape index (κ3) is 4.74. The van der Waals surface area contributed by atoms with E-state index in [-0.39, 0.29) is 0 Å². The first kappa shape index (κ1) is 17.3. The Bertz CT molecular complexity index is 887. The van der Waals surface area contributed by atoms with Crippen molar-refractivity contribution in [3.8, 4) is 29.2 Å². The van der Waals surface area contributed by atoms with Crippen LogP contribution in [-0.4, -0.2) is 18.2 Å². The van der Waals surface area contributed by atoms with Gasteiger partial charge in [0, 0.05) is 5.69 Å². The van der Waals surface area contributed by atoms with Crippen LogP contribution in [0.15, 0.2) is 66.7 Å². The minimum atomic E-state index is 0.299. The largest absolute Gasteiger partial charge is 0.490 e. The van der Waals surface area contributed by atoms with E-state index in [1.807, 2.05) is 61.5 Å². The molecular formula is C21H18N2O3. The zero-order valence-corrected chi connectivity index (χ0v) is 14.4. The summed E-state index contributed by atoms with van der Waals surface area (Å²) < 4.78 is 16.9. The lowest BCUT2D eigenvalue weighted by molar-refractivity contribution is 0.211. The van der Waals surface area contributed by atoms with Crippen LogP contribution in [0.1, 0.15) is 11.3 Å². The Kier molecular flexibility index (Phi) is 5.69. The molecule has 3 rings (SSSR count). The topological polar surface area (TPSA) is 64.4 Å². The van der Waals surface area contributed by atoms with Gasteiger partial charge in [-0.1, -0.05) is 18.2 Å². The van der Waals surface area contributed by atoms with Gasteiger partial charge in [0.05, 0.1) is 0 Å². The van der Waals surface area contributed by atoms with E-state index in [1.54, 1.807) is 12.1 Å². The van der Waals surface area contributed by atoms with E-state index in [9.17, 15) is 0 Å². The van der Waals surface area contributed by atoms with Gasteiger partial charge in [-0.3, -0.25) is 0 Å². The van der Waals surface area contributed by atoms with E-state index in [2.05, 4.69) is 11.1 Å². The molecule has 2 aromatic carbocycles. The fourth-order valence-corrected chi connectivity index (χ4v) is 2.25. The van der Waals surface area contributed by atoms with E-state index in [1.165, 1.54) is 0 Å². The molecule has 130 valence electrons. The van der Waals surface area contributed by atoms with Gasteiger partial charge >= 0.3 is 0 Å². The summed E-state index contributed by atoms with van der Waals surface area (Å²) in [4.78, 5) is 4.22. The van der Waals surface area contributed by atoms with E-state index in [0.29, 0.717) is 30.4 Å². The Morgan fingerprint density at radius 3 is 2.19 bits per heavy atom. The van der Waals surface area contributed by atoms with Gasteiger partial charge < -0.3 is 14.2 Å². The zero-order chi connectivity index (χ0) is 18.2. The lowest BCUT2D eigenvalue weighted by atomic mass is 10.2. The number of hydrogen-bond donors (Lipinski definition) is 0. The summed E-state index contributed by atoms with van der Waals surface area (Å²) in [6.45, 7) is 2.50. The van der Waals surface area contributed by atoms with Gasteiger partial charge in [0.15, 0.2) is 0 Å². The highest BCUT2D eigenvalue weighted by atomic mass is 16.5. The van der Waals surface area contributed by atoms with Crippen molar-refractivity contribution in [3.05, 3.63) is 78.0 Å². The molecule has 0 unspecified atom stereocenters. The molecule has 0 radical (unpaired) electrons. The van der Waals surface area contributed by atoms with Crippen molar-refractivity contribution in [2.75, 3.05) is 13.2 Å². The highest BCUT2D eigenvalue weighted by Gasteiger charge is 2.05. The molecule has 0 atom stereocenters. The summed E-state index contributed by atoms with van der Waals surface area (Å²) in [6.07, 6.45) is 0. The minimum Gasteiger partial charge on any atom is -0.490 e. The molecule has 0 aliphatic rings. The summed E-state index contributed by atoms with van der Waals surface area (Å²) in [7, 11) is 0. The molecule has 5 nitrogen and oxygen atoms in total. The van der Waals surface area contributed by atoms with Gasteiger partial charge in [0.2, 0.25) is 5.88 Å². The fourth-order valence-electron chi connectivity index (χ4n) is 2.25. The van der Waals surface area contributed by atoms with Crippen LogP contribution < -0.4 is 14.2 Å². The quantitative estimate of drug-likeness (QED) is 0.589. The smallest absolute Gasteiger partial charge is 0.232 e. The fraction of sp³-hybridized carbons (Fsp3) is 0.143. The van der Waals surface area contributed by atoms with Crippen molar-refractivity contribution in [2.45, 2.75) is 6.92 Å². The maximum absolute atomic E-state index is 9.06. The summed E-state index contributed by atoms with van der Waals surface area (Å²) in [5.41, 5.74) is 1.21. The van der Waals surface area contributed by atoms with Gasteiger partial charge in [-0.2, -0.15) is 5.26 Å². The SMILES string of the molecule is Cc1ccc(C#N)c(OCCOc2ccc(Oc3ccccc3)cc2)n1. The van der Waals surface area contributed by atoms with Crippen LogP contribution in [0.3, 0.4) is 0 Å². The average molecular weight is 346 g/mol. The summed E-state index contributed by atoms with van der Waals surface area (Å²) >= 11 is 0. The second kappa shape index (κ2) is 8.54. The molecule has 1 heterocycles. The normalized spacial score (nSPS) is 10.0.